The van der Waals surface area contributed by atoms with Crippen LogP contribution in [0, 0.1) is 10.1 Å². The highest BCUT2D eigenvalue weighted by molar-refractivity contribution is 9.10. The molecule has 8 heteroatoms. The summed E-state index contributed by atoms with van der Waals surface area (Å²) in [4.78, 5) is 9.44. The third-order valence-corrected chi connectivity index (χ3v) is 3.33. The van der Waals surface area contributed by atoms with E-state index in [4.69, 9.17) is 0 Å². The van der Waals surface area contributed by atoms with E-state index < -0.39 is 22.4 Å². The van der Waals surface area contributed by atoms with E-state index in [9.17, 15) is 23.3 Å². The summed E-state index contributed by atoms with van der Waals surface area (Å²) in [6.45, 7) is 0. The molecule has 0 spiro atoms. The third kappa shape index (κ3) is 2.54. The van der Waals surface area contributed by atoms with Crippen LogP contribution in [0.15, 0.2) is 16.6 Å². The van der Waals surface area contributed by atoms with E-state index in [1.807, 2.05) is 0 Å². The molecule has 0 unspecified atom stereocenters. The predicted octanol–water partition coefficient (Wildman–Crippen LogP) is 4.27. The van der Waals surface area contributed by atoms with Crippen molar-refractivity contribution < 1.29 is 18.1 Å². The molecule has 0 aromatic heterocycles. The minimum Gasteiger partial charge on any atom is -0.258 e. The van der Waals surface area contributed by atoms with Crippen LogP contribution in [-0.2, 0) is 11.5 Å². The molecule has 3 nitrogen and oxygen atoms in total. The molecule has 0 atom stereocenters. The van der Waals surface area contributed by atoms with Gasteiger partial charge in [-0.3, -0.25) is 10.1 Å². The number of benzene rings is 1. The zero-order chi connectivity index (χ0) is 12.5. The molecule has 0 fully saturated rings. The number of hydrogen-bond donors (Lipinski definition) is 0. The van der Waals surface area contributed by atoms with E-state index >= 15 is 0 Å². The lowest BCUT2D eigenvalue weighted by molar-refractivity contribution is -0.388. The highest BCUT2D eigenvalue weighted by Crippen LogP contribution is 2.42. The van der Waals surface area contributed by atoms with Gasteiger partial charge in [0.25, 0.3) is 5.69 Å². The van der Waals surface area contributed by atoms with Gasteiger partial charge < -0.3 is 0 Å². The van der Waals surface area contributed by atoms with Crippen molar-refractivity contribution in [3.63, 3.8) is 0 Å². The smallest absolute Gasteiger partial charge is 0.258 e. The van der Waals surface area contributed by atoms with E-state index in [1.54, 1.807) is 0 Å². The first-order valence-electron chi connectivity index (χ1n) is 3.88. The molecule has 0 saturated carbocycles. The second-order valence-electron chi connectivity index (χ2n) is 2.82. The Morgan fingerprint density at radius 3 is 2.31 bits per heavy atom. The molecule has 1 aromatic carbocycles. The van der Waals surface area contributed by atoms with Crippen molar-refractivity contribution in [3.8, 4) is 0 Å². The van der Waals surface area contributed by atoms with E-state index in [1.165, 1.54) is 6.07 Å². The Morgan fingerprint density at radius 2 is 1.94 bits per heavy atom. The van der Waals surface area contributed by atoms with Crippen LogP contribution in [-0.4, -0.2) is 4.92 Å². The maximum absolute atomic E-state index is 12.6. The van der Waals surface area contributed by atoms with E-state index in [-0.39, 0.29) is 9.80 Å². The molecular formula is C8H4Br2F3NO2. The molecule has 0 aliphatic carbocycles. The quantitative estimate of drug-likeness (QED) is 0.448. The summed E-state index contributed by atoms with van der Waals surface area (Å²) in [5.74, 6) is 0. The van der Waals surface area contributed by atoms with Crippen molar-refractivity contribution in [1.29, 1.82) is 0 Å². The predicted molar refractivity (Wildman–Crippen MR) is 58.4 cm³/mol. The summed E-state index contributed by atoms with van der Waals surface area (Å²) in [6.07, 6.45) is -4.76. The number of alkyl halides is 4. The zero-order valence-corrected chi connectivity index (χ0v) is 10.7. The van der Waals surface area contributed by atoms with E-state index in [2.05, 4.69) is 31.9 Å². The van der Waals surface area contributed by atoms with Crippen molar-refractivity contribution in [2.24, 2.45) is 0 Å². The topological polar surface area (TPSA) is 43.1 Å². The van der Waals surface area contributed by atoms with Gasteiger partial charge >= 0.3 is 6.18 Å². The van der Waals surface area contributed by atoms with Gasteiger partial charge in [-0.2, -0.15) is 13.2 Å². The Kier molecular flexibility index (Phi) is 3.95. The van der Waals surface area contributed by atoms with E-state index in [0.29, 0.717) is 5.56 Å². The molecule has 0 aliphatic rings. The first-order chi connectivity index (χ1) is 7.29. The monoisotopic (exact) mass is 361 g/mol. The SMILES string of the molecule is O=[N+]([O-])c1ccc(CBr)c(Br)c1C(F)(F)F. The minimum atomic E-state index is -4.76. The third-order valence-electron chi connectivity index (χ3n) is 1.82. The lowest BCUT2D eigenvalue weighted by Crippen LogP contribution is -2.11. The van der Waals surface area contributed by atoms with Gasteiger partial charge in [0.15, 0.2) is 0 Å². The van der Waals surface area contributed by atoms with Gasteiger partial charge in [-0.25, -0.2) is 0 Å². The van der Waals surface area contributed by atoms with Gasteiger partial charge in [0, 0.05) is 15.9 Å². The van der Waals surface area contributed by atoms with Crippen LogP contribution in [0.2, 0.25) is 0 Å². The highest BCUT2D eigenvalue weighted by Gasteiger charge is 2.41. The van der Waals surface area contributed by atoms with Crippen molar-refractivity contribution in [3.05, 3.63) is 37.8 Å². The van der Waals surface area contributed by atoms with Crippen LogP contribution >= 0.6 is 31.9 Å². The summed E-state index contributed by atoms with van der Waals surface area (Å²) in [6, 6.07) is 2.12. The normalized spacial score (nSPS) is 11.6. The van der Waals surface area contributed by atoms with Gasteiger partial charge in [0.1, 0.15) is 5.56 Å². The van der Waals surface area contributed by atoms with Gasteiger partial charge in [0.05, 0.1) is 4.92 Å². The number of nitrogens with zero attached hydrogens (tertiary/aromatic N) is 1. The maximum Gasteiger partial charge on any atom is 0.424 e. The number of nitro benzene ring substituents is 1. The van der Waals surface area contributed by atoms with E-state index in [0.717, 1.165) is 6.07 Å². The standard InChI is InChI=1S/C8H4Br2F3NO2/c9-3-4-1-2-5(14(15)16)6(7(4)10)8(11,12)13/h1-2H,3H2. The molecule has 1 aromatic rings. The molecular weight excluding hydrogens is 359 g/mol. The van der Waals surface area contributed by atoms with Gasteiger partial charge in [-0.05, 0) is 21.5 Å². The Balaban J connectivity index is 3.56. The van der Waals surface area contributed by atoms with Crippen molar-refractivity contribution in [1.82, 2.24) is 0 Å². The number of nitro groups is 1. The van der Waals surface area contributed by atoms with Gasteiger partial charge in [-0.1, -0.05) is 22.0 Å². The summed E-state index contributed by atoms with van der Waals surface area (Å²) in [5, 5.41) is 10.7. The molecule has 1 rings (SSSR count). The second kappa shape index (κ2) is 4.70. The highest BCUT2D eigenvalue weighted by atomic mass is 79.9. The fraction of sp³-hybridized carbons (Fsp3) is 0.250. The molecule has 0 N–H and O–H groups in total. The molecule has 0 heterocycles. The van der Waals surface area contributed by atoms with Crippen molar-refractivity contribution >= 4 is 37.5 Å². The van der Waals surface area contributed by atoms with Crippen LogP contribution in [0.25, 0.3) is 0 Å². The molecule has 88 valence electrons. The first kappa shape index (κ1) is 13.4. The summed E-state index contributed by atoms with van der Waals surface area (Å²) >= 11 is 5.75. The molecule has 0 saturated heterocycles. The lowest BCUT2D eigenvalue weighted by Gasteiger charge is -2.11. The van der Waals surface area contributed by atoms with Crippen LogP contribution in [0.1, 0.15) is 11.1 Å². The van der Waals surface area contributed by atoms with Crippen molar-refractivity contribution in [2.75, 3.05) is 0 Å². The second-order valence-corrected chi connectivity index (χ2v) is 4.18. The Morgan fingerprint density at radius 1 is 1.38 bits per heavy atom. The Labute approximate surface area is 105 Å². The van der Waals surface area contributed by atoms with Crippen LogP contribution < -0.4 is 0 Å². The number of hydrogen-bond acceptors (Lipinski definition) is 2. The largest absolute Gasteiger partial charge is 0.424 e. The molecule has 0 radical (unpaired) electrons. The van der Waals surface area contributed by atoms with Gasteiger partial charge in [-0.15, -0.1) is 0 Å². The van der Waals surface area contributed by atoms with Crippen LogP contribution in [0.5, 0.6) is 0 Å². The molecule has 0 aliphatic heterocycles. The summed E-state index contributed by atoms with van der Waals surface area (Å²) in [7, 11) is 0. The zero-order valence-electron chi connectivity index (χ0n) is 7.52. The van der Waals surface area contributed by atoms with Gasteiger partial charge in [0.2, 0.25) is 0 Å². The Hall–Kier alpha value is -0.630. The fourth-order valence-corrected chi connectivity index (χ4v) is 2.68. The minimum absolute atomic E-state index is 0.175. The Bertz CT molecular complexity index is 434. The molecule has 0 bridgehead atoms. The van der Waals surface area contributed by atoms with Crippen molar-refractivity contribution in [2.45, 2.75) is 11.5 Å². The number of rotatable bonds is 2. The molecule has 0 amide bonds. The average molecular weight is 363 g/mol. The summed E-state index contributed by atoms with van der Waals surface area (Å²) < 4.78 is 37.6. The fourth-order valence-electron chi connectivity index (χ4n) is 1.13. The molecule has 16 heavy (non-hydrogen) atoms. The summed E-state index contributed by atoms with van der Waals surface area (Å²) in [5.41, 5.74) is -1.91. The average Bonchev–Trinajstić information content (AvgIpc) is 2.14. The first-order valence-corrected chi connectivity index (χ1v) is 5.79. The van der Waals surface area contributed by atoms with Crippen LogP contribution in [0.3, 0.4) is 0 Å². The number of halogens is 5. The van der Waals surface area contributed by atoms with Crippen LogP contribution in [0.4, 0.5) is 18.9 Å². The maximum atomic E-state index is 12.6. The lowest BCUT2D eigenvalue weighted by atomic mass is 10.1.